The largest absolute Gasteiger partial charge is 0.355 e. The Labute approximate surface area is 123 Å². The van der Waals surface area contributed by atoms with Gasteiger partial charge < -0.3 is 15.2 Å². The van der Waals surface area contributed by atoms with E-state index in [9.17, 15) is 4.79 Å². The Balaban J connectivity index is 1.66. The van der Waals surface area contributed by atoms with Gasteiger partial charge in [-0.3, -0.25) is 4.79 Å². The number of carbonyl (C=O) groups is 1. The monoisotopic (exact) mass is 285 g/mol. The number of nitrogens with zero attached hydrogens (tertiary/aromatic N) is 1. The summed E-state index contributed by atoms with van der Waals surface area (Å²) in [5.41, 5.74) is 1.35. The van der Waals surface area contributed by atoms with Crippen molar-refractivity contribution in [1.29, 1.82) is 0 Å². The first kappa shape index (κ1) is 13.8. The normalized spacial score (nSPS) is 18.4. The van der Waals surface area contributed by atoms with E-state index in [0.717, 1.165) is 25.1 Å². The van der Waals surface area contributed by atoms with Crippen molar-refractivity contribution in [2.45, 2.75) is 12.8 Å². The number of amides is 1. The maximum Gasteiger partial charge on any atom is 0.256 e. The van der Waals surface area contributed by atoms with Crippen molar-refractivity contribution in [2.75, 3.05) is 19.6 Å². The molecule has 1 aliphatic heterocycles. The molecule has 1 atom stereocenters. The Kier molecular flexibility index (Phi) is 4.31. The first-order valence-corrected chi connectivity index (χ1v) is 7.33. The number of carbonyl (C=O) groups excluding carboxylic acids is 1. The van der Waals surface area contributed by atoms with Crippen LogP contribution in [-0.2, 0) is 0 Å². The van der Waals surface area contributed by atoms with Crippen LogP contribution in [-0.4, -0.2) is 30.7 Å². The van der Waals surface area contributed by atoms with E-state index in [2.05, 4.69) is 15.8 Å². The second-order valence-electron chi connectivity index (χ2n) is 5.36. The molecular weight excluding hydrogens is 266 g/mol. The molecule has 0 saturated carbocycles. The molecule has 1 saturated heterocycles. The number of rotatable bonds is 4. The molecule has 0 aliphatic carbocycles. The van der Waals surface area contributed by atoms with Gasteiger partial charge in [0.2, 0.25) is 0 Å². The fraction of sp³-hybridized carbons (Fsp3) is 0.375. The van der Waals surface area contributed by atoms with E-state index in [1.165, 1.54) is 12.6 Å². The summed E-state index contributed by atoms with van der Waals surface area (Å²) < 4.78 is 5.24. The Morgan fingerprint density at radius 1 is 1.38 bits per heavy atom. The Morgan fingerprint density at radius 2 is 2.24 bits per heavy atom. The molecule has 0 unspecified atom stereocenters. The summed E-state index contributed by atoms with van der Waals surface area (Å²) >= 11 is 0. The van der Waals surface area contributed by atoms with Gasteiger partial charge in [0.1, 0.15) is 5.56 Å². The van der Waals surface area contributed by atoms with Crippen LogP contribution < -0.4 is 10.6 Å². The minimum Gasteiger partial charge on any atom is -0.355 e. The highest BCUT2D eigenvalue weighted by molar-refractivity contribution is 5.99. The van der Waals surface area contributed by atoms with Crippen LogP contribution in [0.2, 0.25) is 0 Å². The molecule has 1 aromatic carbocycles. The standard InChI is InChI=1S/C16H19N3O2/c20-16(18-10-12-5-4-8-17-9-12)14-11-19-21-15(14)13-6-2-1-3-7-13/h1-3,6-7,11-12,17H,4-5,8-10H2,(H,18,20)/t12-/m0/s1. The summed E-state index contributed by atoms with van der Waals surface area (Å²) in [6, 6.07) is 9.56. The van der Waals surface area contributed by atoms with Crippen LogP contribution in [0, 0.1) is 5.92 Å². The van der Waals surface area contributed by atoms with E-state index in [-0.39, 0.29) is 5.91 Å². The summed E-state index contributed by atoms with van der Waals surface area (Å²) in [7, 11) is 0. The highest BCUT2D eigenvalue weighted by Gasteiger charge is 2.19. The lowest BCUT2D eigenvalue weighted by Gasteiger charge is -2.22. The van der Waals surface area contributed by atoms with Crippen LogP contribution in [0.15, 0.2) is 41.1 Å². The number of piperidine rings is 1. The minimum atomic E-state index is -0.124. The third kappa shape index (κ3) is 3.31. The van der Waals surface area contributed by atoms with Gasteiger partial charge in [0, 0.05) is 12.1 Å². The van der Waals surface area contributed by atoms with Crippen molar-refractivity contribution in [2.24, 2.45) is 5.92 Å². The van der Waals surface area contributed by atoms with Crippen molar-refractivity contribution in [3.63, 3.8) is 0 Å². The molecule has 110 valence electrons. The van der Waals surface area contributed by atoms with Crippen molar-refractivity contribution >= 4 is 5.91 Å². The van der Waals surface area contributed by atoms with Gasteiger partial charge in [-0.15, -0.1) is 0 Å². The third-order valence-electron chi connectivity index (χ3n) is 3.80. The average molecular weight is 285 g/mol. The van der Waals surface area contributed by atoms with E-state index in [1.54, 1.807) is 0 Å². The summed E-state index contributed by atoms with van der Waals surface area (Å²) in [5.74, 6) is 0.901. The van der Waals surface area contributed by atoms with Crippen molar-refractivity contribution in [3.8, 4) is 11.3 Å². The van der Waals surface area contributed by atoms with E-state index in [1.807, 2.05) is 30.3 Å². The molecule has 0 bridgehead atoms. The predicted molar refractivity (Wildman–Crippen MR) is 79.9 cm³/mol. The van der Waals surface area contributed by atoms with E-state index < -0.39 is 0 Å². The molecule has 1 fully saturated rings. The summed E-state index contributed by atoms with van der Waals surface area (Å²) in [6.45, 7) is 2.73. The van der Waals surface area contributed by atoms with Crippen molar-refractivity contribution in [3.05, 3.63) is 42.1 Å². The zero-order chi connectivity index (χ0) is 14.5. The summed E-state index contributed by atoms with van der Waals surface area (Å²) in [6.07, 6.45) is 3.81. The fourth-order valence-electron chi connectivity index (χ4n) is 2.63. The Hall–Kier alpha value is -2.14. The quantitative estimate of drug-likeness (QED) is 0.902. The fourth-order valence-corrected chi connectivity index (χ4v) is 2.63. The van der Waals surface area contributed by atoms with Crippen LogP contribution in [0.5, 0.6) is 0 Å². The first-order chi connectivity index (χ1) is 10.3. The highest BCUT2D eigenvalue weighted by Crippen LogP contribution is 2.23. The first-order valence-electron chi connectivity index (χ1n) is 7.33. The zero-order valence-corrected chi connectivity index (χ0v) is 11.8. The number of hydrogen-bond donors (Lipinski definition) is 2. The van der Waals surface area contributed by atoms with Crippen LogP contribution >= 0.6 is 0 Å². The lowest BCUT2D eigenvalue weighted by Crippen LogP contribution is -2.38. The zero-order valence-electron chi connectivity index (χ0n) is 11.8. The van der Waals surface area contributed by atoms with Crippen LogP contribution in [0.25, 0.3) is 11.3 Å². The van der Waals surface area contributed by atoms with Gasteiger partial charge in [-0.05, 0) is 31.8 Å². The SMILES string of the molecule is O=C(NC[C@H]1CCCNC1)c1cnoc1-c1ccccc1. The van der Waals surface area contributed by atoms with Crippen LogP contribution in [0.4, 0.5) is 0 Å². The molecule has 2 heterocycles. The number of aromatic nitrogens is 1. The Morgan fingerprint density at radius 3 is 3.00 bits per heavy atom. The lowest BCUT2D eigenvalue weighted by molar-refractivity contribution is 0.0945. The van der Waals surface area contributed by atoms with E-state index in [0.29, 0.717) is 23.8 Å². The number of nitrogens with one attached hydrogen (secondary N) is 2. The molecule has 2 N–H and O–H groups in total. The summed E-state index contributed by atoms with van der Waals surface area (Å²) in [5, 5.41) is 10.1. The van der Waals surface area contributed by atoms with Gasteiger partial charge in [0.15, 0.2) is 5.76 Å². The molecular formula is C16H19N3O2. The third-order valence-corrected chi connectivity index (χ3v) is 3.80. The number of benzene rings is 1. The van der Waals surface area contributed by atoms with Gasteiger partial charge in [-0.1, -0.05) is 35.5 Å². The summed E-state index contributed by atoms with van der Waals surface area (Å²) in [4.78, 5) is 12.3. The smallest absolute Gasteiger partial charge is 0.256 e. The average Bonchev–Trinajstić information content (AvgIpc) is 3.04. The molecule has 0 radical (unpaired) electrons. The maximum atomic E-state index is 12.3. The second kappa shape index (κ2) is 6.54. The van der Waals surface area contributed by atoms with E-state index >= 15 is 0 Å². The molecule has 1 amide bonds. The Bertz CT molecular complexity index is 589. The highest BCUT2D eigenvalue weighted by atomic mass is 16.5. The van der Waals surface area contributed by atoms with Crippen molar-refractivity contribution < 1.29 is 9.32 Å². The molecule has 5 nitrogen and oxygen atoms in total. The predicted octanol–water partition coefficient (Wildman–Crippen LogP) is 2.07. The molecule has 5 heteroatoms. The molecule has 3 rings (SSSR count). The molecule has 0 spiro atoms. The number of hydrogen-bond acceptors (Lipinski definition) is 4. The molecule has 2 aromatic rings. The second-order valence-corrected chi connectivity index (χ2v) is 5.36. The van der Waals surface area contributed by atoms with Crippen LogP contribution in [0.3, 0.4) is 0 Å². The molecule has 21 heavy (non-hydrogen) atoms. The minimum absolute atomic E-state index is 0.124. The van der Waals surface area contributed by atoms with Crippen LogP contribution in [0.1, 0.15) is 23.2 Å². The van der Waals surface area contributed by atoms with Gasteiger partial charge >= 0.3 is 0 Å². The lowest BCUT2D eigenvalue weighted by atomic mass is 9.99. The van der Waals surface area contributed by atoms with E-state index in [4.69, 9.17) is 4.52 Å². The van der Waals surface area contributed by atoms with Crippen molar-refractivity contribution in [1.82, 2.24) is 15.8 Å². The molecule has 1 aromatic heterocycles. The van der Waals surface area contributed by atoms with Gasteiger partial charge in [0.05, 0.1) is 6.20 Å². The maximum absolute atomic E-state index is 12.3. The van der Waals surface area contributed by atoms with Gasteiger partial charge in [-0.25, -0.2) is 0 Å². The van der Waals surface area contributed by atoms with Gasteiger partial charge in [-0.2, -0.15) is 0 Å². The molecule has 1 aliphatic rings. The van der Waals surface area contributed by atoms with Gasteiger partial charge in [0.25, 0.3) is 5.91 Å². The topological polar surface area (TPSA) is 67.2 Å².